The normalized spacial score (nSPS) is 10.6. The molecule has 0 aliphatic heterocycles. The summed E-state index contributed by atoms with van der Waals surface area (Å²) in [6.45, 7) is 4.43. The molecule has 0 amide bonds. The Balaban J connectivity index is 2.61. The number of esters is 1. The smallest absolute Gasteiger partial charge is 0.309 e. The van der Waals surface area contributed by atoms with Gasteiger partial charge in [-0.15, -0.1) is 0 Å². The molecule has 0 bridgehead atoms. The molecule has 0 saturated heterocycles. The number of carbonyl (C=O) groups is 1. The van der Waals surface area contributed by atoms with E-state index in [-0.39, 0.29) is 5.97 Å². The van der Waals surface area contributed by atoms with E-state index in [4.69, 9.17) is 4.74 Å². The second-order valence-corrected chi connectivity index (χ2v) is 5.46. The van der Waals surface area contributed by atoms with E-state index in [2.05, 4.69) is 19.9 Å². The quantitative estimate of drug-likeness (QED) is 0.727. The molecule has 1 aromatic carbocycles. The van der Waals surface area contributed by atoms with Crippen LogP contribution in [0, 0.1) is 5.92 Å². The Bertz CT molecular complexity index is 361. The summed E-state index contributed by atoms with van der Waals surface area (Å²) in [6.07, 6.45) is 0.370. The molecule has 1 aromatic rings. The van der Waals surface area contributed by atoms with Gasteiger partial charge in [-0.25, -0.2) is 0 Å². The van der Waals surface area contributed by atoms with Crippen LogP contribution in [0.4, 0.5) is 0 Å². The average molecular weight is 252 g/mol. The number of methoxy groups -OCH3 is 1. The van der Waals surface area contributed by atoms with Gasteiger partial charge in [-0.2, -0.15) is 11.8 Å². The minimum absolute atomic E-state index is 0.175. The van der Waals surface area contributed by atoms with Crippen LogP contribution in [-0.2, 0) is 21.7 Å². The van der Waals surface area contributed by atoms with Crippen molar-refractivity contribution in [1.82, 2.24) is 0 Å². The number of thioether (sulfide) groups is 1. The first kappa shape index (κ1) is 14.1. The third-order valence-corrected chi connectivity index (χ3v) is 3.81. The lowest BCUT2D eigenvalue weighted by atomic mass is 10.1. The Morgan fingerprint density at radius 2 is 1.94 bits per heavy atom. The maximum absolute atomic E-state index is 11.3. The van der Waals surface area contributed by atoms with Crippen molar-refractivity contribution in [3.63, 3.8) is 0 Å². The van der Waals surface area contributed by atoms with Crippen molar-refractivity contribution in [2.75, 3.05) is 12.9 Å². The van der Waals surface area contributed by atoms with E-state index in [1.807, 2.05) is 30.0 Å². The van der Waals surface area contributed by atoms with Crippen LogP contribution in [0.5, 0.6) is 0 Å². The van der Waals surface area contributed by atoms with E-state index in [1.54, 1.807) is 0 Å². The second kappa shape index (κ2) is 7.38. The molecule has 0 unspecified atom stereocenters. The highest BCUT2D eigenvalue weighted by molar-refractivity contribution is 7.98. The molecule has 2 nitrogen and oxygen atoms in total. The van der Waals surface area contributed by atoms with Gasteiger partial charge in [0.2, 0.25) is 0 Å². The van der Waals surface area contributed by atoms with Crippen LogP contribution in [0.3, 0.4) is 0 Å². The fourth-order valence-corrected chi connectivity index (χ4v) is 2.59. The molecule has 94 valence electrons. The van der Waals surface area contributed by atoms with E-state index in [0.717, 1.165) is 17.1 Å². The highest BCUT2D eigenvalue weighted by Gasteiger charge is 2.07. The first-order valence-electron chi connectivity index (χ1n) is 5.84. The van der Waals surface area contributed by atoms with Gasteiger partial charge < -0.3 is 4.74 Å². The van der Waals surface area contributed by atoms with Crippen LogP contribution in [0.15, 0.2) is 24.3 Å². The van der Waals surface area contributed by atoms with E-state index < -0.39 is 0 Å². The lowest BCUT2D eigenvalue weighted by Gasteiger charge is -2.09. The Labute approximate surface area is 108 Å². The maximum Gasteiger partial charge on any atom is 0.309 e. The minimum Gasteiger partial charge on any atom is -0.469 e. The molecular formula is C14H20O2S. The summed E-state index contributed by atoms with van der Waals surface area (Å²) in [5.41, 5.74) is 2.32. The zero-order valence-corrected chi connectivity index (χ0v) is 11.5. The number of benzene rings is 1. The molecule has 3 heteroatoms. The third-order valence-electron chi connectivity index (χ3n) is 2.39. The molecule has 0 fully saturated rings. The van der Waals surface area contributed by atoms with Crippen molar-refractivity contribution in [2.45, 2.75) is 26.0 Å². The van der Waals surface area contributed by atoms with Crippen LogP contribution in [0.1, 0.15) is 25.0 Å². The highest BCUT2D eigenvalue weighted by atomic mass is 32.2. The summed E-state index contributed by atoms with van der Waals surface area (Å²) in [7, 11) is 1.43. The van der Waals surface area contributed by atoms with Gasteiger partial charge in [-0.1, -0.05) is 38.1 Å². The predicted molar refractivity (Wildman–Crippen MR) is 73.2 cm³/mol. The molecule has 0 radical (unpaired) electrons. The Hall–Kier alpha value is -0.960. The number of ether oxygens (including phenoxy) is 1. The van der Waals surface area contributed by atoms with Crippen molar-refractivity contribution in [3.05, 3.63) is 35.4 Å². The lowest BCUT2D eigenvalue weighted by Crippen LogP contribution is -2.06. The van der Waals surface area contributed by atoms with Gasteiger partial charge in [-0.3, -0.25) is 4.79 Å². The number of rotatable bonds is 6. The Morgan fingerprint density at radius 1 is 1.29 bits per heavy atom. The van der Waals surface area contributed by atoms with Crippen molar-refractivity contribution >= 4 is 17.7 Å². The molecule has 0 N–H and O–H groups in total. The standard InChI is InChI=1S/C14H20O2S/c1-11(2)9-17-10-13-7-5-4-6-12(13)8-14(15)16-3/h4-7,11H,8-10H2,1-3H3. The number of hydrogen-bond acceptors (Lipinski definition) is 3. The summed E-state index contributed by atoms with van der Waals surface area (Å²) in [4.78, 5) is 11.3. The van der Waals surface area contributed by atoms with E-state index >= 15 is 0 Å². The first-order chi connectivity index (χ1) is 8.13. The highest BCUT2D eigenvalue weighted by Crippen LogP contribution is 2.19. The van der Waals surface area contributed by atoms with Crippen LogP contribution in [0.2, 0.25) is 0 Å². The minimum atomic E-state index is -0.175. The fourth-order valence-electron chi connectivity index (χ4n) is 1.50. The molecule has 17 heavy (non-hydrogen) atoms. The Morgan fingerprint density at radius 3 is 2.53 bits per heavy atom. The van der Waals surface area contributed by atoms with Gasteiger partial charge in [0.15, 0.2) is 0 Å². The molecule has 0 aliphatic carbocycles. The molecular weight excluding hydrogens is 232 g/mol. The van der Waals surface area contributed by atoms with Crippen LogP contribution >= 0.6 is 11.8 Å². The fraction of sp³-hybridized carbons (Fsp3) is 0.500. The first-order valence-corrected chi connectivity index (χ1v) is 7.00. The van der Waals surface area contributed by atoms with Crippen molar-refractivity contribution in [2.24, 2.45) is 5.92 Å². The topological polar surface area (TPSA) is 26.3 Å². The second-order valence-electron chi connectivity index (χ2n) is 4.43. The molecule has 0 atom stereocenters. The molecule has 0 saturated carbocycles. The van der Waals surface area contributed by atoms with Gasteiger partial charge in [0.05, 0.1) is 13.5 Å². The molecule has 0 aliphatic rings. The van der Waals surface area contributed by atoms with Gasteiger partial charge in [-0.05, 0) is 22.8 Å². The SMILES string of the molecule is COC(=O)Cc1ccccc1CSCC(C)C. The predicted octanol–water partition coefficient (Wildman–Crippen LogP) is 3.29. The van der Waals surface area contributed by atoms with Gasteiger partial charge in [0, 0.05) is 5.75 Å². The molecule has 1 rings (SSSR count). The van der Waals surface area contributed by atoms with E-state index in [0.29, 0.717) is 12.3 Å². The number of carbonyl (C=O) groups excluding carboxylic acids is 1. The molecule has 0 heterocycles. The summed E-state index contributed by atoms with van der Waals surface area (Å²) in [5, 5.41) is 0. The monoisotopic (exact) mass is 252 g/mol. The summed E-state index contributed by atoms with van der Waals surface area (Å²) >= 11 is 1.91. The summed E-state index contributed by atoms with van der Waals surface area (Å²) in [5.74, 6) is 2.64. The average Bonchev–Trinajstić information content (AvgIpc) is 2.30. The zero-order valence-electron chi connectivity index (χ0n) is 10.7. The maximum atomic E-state index is 11.3. The molecule has 0 spiro atoms. The third kappa shape index (κ3) is 5.26. The van der Waals surface area contributed by atoms with Gasteiger partial charge in [0.25, 0.3) is 0 Å². The van der Waals surface area contributed by atoms with Gasteiger partial charge in [0.1, 0.15) is 0 Å². The van der Waals surface area contributed by atoms with Crippen molar-refractivity contribution in [1.29, 1.82) is 0 Å². The molecule has 0 aromatic heterocycles. The zero-order chi connectivity index (χ0) is 12.7. The van der Waals surface area contributed by atoms with Gasteiger partial charge >= 0.3 is 5.97 Å². The Kier molecular flexibility index (Phi) is 6.12. The lowest BCUT2D eigenvalue weighted by molar-refractivity contribution is -0.139. The summed E-state index contributed by atoms with van der Waals surface area (Å²) in [6, 6.07) is 8.08. The van der Waals surface area contributed by atoms with E-state index in [9.17, 15) is 4.79 Å². The summed E-state index contributed by atoms with van der Waals surface area (Å²) < 4.78 is 4.71. The largest absolute Gasteiger partial charge is 0.469 e. The van der Waals surface area contributed by atoms with Crippen LogP contribution < -0.4 is 0 Å². The van der Waals surface area contributed by atoms with E-state index in [1.165, 1.54) is 12.7 Å². The number of hydrogen-bond donors (Lipinski definition) is 0. The van der Waals surface area contributed by atoms with Crippen LogP contribution in [-0.4, -0.2) is 18.8 Å². The van der Waals surface area contributed by atoms with Crippen LogP contribution in [0.25, 0.3) is 0 Å². The van der Waals surface area contributed by atoms with Crippen molar-refractivity contribution in [3.8, 4) is 0 Å². The van der Waals surface area contributed by atoms with Crippen molar-refractivity contribution < 1.29 is 9.53 Å².